The van der Waals surface area contributed by atoms with Crippen LogP contribution in [0.5, 0.6) is 0 Å². The van der Waals surface area contributed by atoms with Crippen LogP contribution in [0.3, 0.4) is 0 Å². The maximum atomic E-state index is 11.5. The molecule has 4 nitrogen and oxygen atoms in total. The summed E-state index contributed by atoms with van der Waals surface area (Å²) < 4.78 is 4.94. The topological polar surface area (TPSA) is 49.8 Å². The number of carbonyl (C=O) groups is 1. The molecule has 0 amide bonds. The summed E-state index contributed by atoms with van der Waals surface area (Å²) in [6.07, 6.45) is 1.38. The molecule has 0 fully saturated rings. The third kappa shape index (κ3) is 6.03. The van der Waals surface area contributed by atoms with Crippen LogP contribution in [0.2, 0.25) is 0 Å². The summed E-state index contributed by atoms with van der Waals surface area (Å²) in [7, 11) is 0. The molecule has 0 saturated carbocycles. The van der Waals surface area contributed by atoms with Crippen LogP contribution >= 0.6 is 0 Å². The van der Waals surface area contributed by atoms with Crippen LogP contribution in [0.15, 0.2) is 0 Å². The predicted octanol–water partition coefficient (Wildman–Crippen LogP) is 1.81. The smallest absolute Gasteiger partial charge is 0.320 e. The molecule has 0 unspecified atom stereocenters. The van der Waals surface area contributed by atoms with Crippen molar-refractivity contribution in [3.8, 4) is 0 Å². The molecule has 0 bridgehead atoms. The molecule has 4 heteroatoms. The van der Waals surface area contributed by atoms with Gasteiger partial charge in [-0.1, -0.05) is 13.8 Å². The molecule has 0 atom stereocenters. The Morgan fingerprint density at radius 3 is 2.18 bits per heavy atom. The fourth-order valence-corrected chi connectivity index (χ4v) is 1.65. The summed E-state index contributed by atoms with van der Waals surface area (Å²) in [4.78, 5) is 13.4. The van der Waals surface area contributed by atoms with Crippen LogP contribution in [0.4, 0.5) is 0 Å². The van der Waals surface area contributed by atoms with E-state index in [4.69, 9.17) is 4.74 Å². The number of ether oxygens (including phenoxy) is 1. The third-order valence-corrected chi connectivity index (χ3v) is 3.18. The van der Waals surface area contributed by atoms with Crippen molar-refractivity contribution in [1.29, 1.82) is 0 Å². The Labute approximate surface area is 105 Å². The van der Waals surface area contributed by atoms with E-state index < -0.39 is 5.60 Å². The zero-order valence-electron chi connectivity index (χ0n) is 11.8. The van der Waals surface area contributed by atoms with E-state index in [1.165, 1.54) is 0 Å². The monoisotopic (exact) mass is 245 g/mol. The lowest BCUT2D eigenvalue weighted by Crippen LogP contribution is -2.47. The standard InChI is InChI=1S/C13H27NO3/c1-6-13(16,7-2)10-14(11(4)5)9-12(15)17-8-3/h11,16H,6-10H2,1-5H3. The van der Waals surface area contributed by atoms with Crippen LogP contribution in [0, 0.1) is 0 Å². The van der Waals surface area contributed by atoms with Gasteiger partial charge in [-0.3, -0.25) is 9.69 Å². The molecule has 0 aromatic carbocycles. The van der Waals surface area contributed by atoms with E-state index in [1.54, 1.807) is 6.92 Å². The second kappa shape index (κ2) is 7.67. The zero-order chi connectivity index (χ0) is 13.5. The van der Waals surface area contributed by atoms with Gasteiger partial charge in [0.1, 0.15) is 0 Å². The van der Waals surface area contributed by atoms with Crippen molar-refractivity contribution in [3.05, 3.63) is 0 Å². The zero-order valence-corrected chi connectivity index (χ0v) is 11.8. The molecular formula is C13H27NO3. The molecule has 0 saturated heterocycles. The van der Waals surface area contributed by atoms with Crippen molar-refractivity contribution in [2.45, 2.75) is 59.1 Å². The molecular weight excluding hydrogens is 218 g/mol. The van der Waals surface area contributed by atoms with E-state index in [1.807, 2.05) is 32.6 Å². The van der Waals surface area contributed by atoms with Gasteiger partial charge in [-0.05, 0) is 33.6 Å². The Morgan fingerprint density at radius 1 is 1.29 bits per heavy atom. The molecule has 0 aliphatic heterocycles. The van der Waals surface area contributed by atoms with Crippen molar-refractivity contribution in [3.63, 3.8) is 0 Å². The predicted molar refractivity (Wildman–Crippen MR) is 68.9 cm³/mol. The Hall–Kier alpha value is -0.610. The first-order valence-corrected chi connectivity index (χ1v) is 6.50. The number of carbonyl (C=O) groups excluding carboxylic acids is 1. The second-order valence-corrected chi connectivity index (χ2v) is 4.74. The summed E-state index contributed by atoms with van der Waals surface area (Å²) in [5.41, 5.74) is -0.712. The molecule has 0 spiro atoms. The van der Waals surface area contributed by atoms with Crippen LogP contribution in [0.1, 0.15) is 47.5 Å². The molecule has 0 heterocycles. The van der Waals surface area contributed by atoms with Crippen LogP contribution < -0.4 is 0 Å². The normalized spacial score (nSPS) is 12.2. The molecule has 102 valence electrons. The Balaban J connectivity index is 4.48. The van der Waals surface area contributed by atoms with E-state index in [-0.39, 0.29) is 18.6 Å². The maximum Gasteiger partial charge on any atom is 0.320 e. The lowest BCUT2D eigenvalue weighted by molar-refractivity contribution is -0.146. The van der Waals surface area contributed by atoms with Crippen molar-refractivity contribution >= 4 is 5.97 Å². The highest BCUT2D eigenvalue weighted by Gasteiger charge is 2.28. The van der Waals surface area contributed by atoms with Gasteiger partial charge in [-0.15, -0.1) is 0 Å². The Kier molecular flexibility index (Phi) is 7.39. The Morgan fingerprint density at radius 2 is 1.82 bits per heavy atom. The first-order valence-electron chi connectivity index (χ1n) is 6.50. The lowest BCUT2D eigenvalue weighted by atomic mass is 9.96. The molecule has 1 N–H and O–H groups in total. The largest absolute Gasteiger partial charge is 0.465 e. The van der Waals surface area contributed by atoms with Crippen molar-refractivity contribution < 1.29 is 14.6 Å². The number of aliphatic hydroxyl groups is 1. The Bertz CT molecular complexity index is 225. The highest BCUT2D eigenvalue weighted by molar-refractivity contribution is 5.71. The highest BCUT2D eigenvalue weighted by atomic mass is 16.5. The fourth-order valence-electron chi connectivity index (χ4n) is 1.65. The van der Waals surface area contributed by atoms with E-state index >= 15 is 0 Å². The van der Waals surface area contributed by atoms with Gasteiger partial charge in [-0.2, -0.15) is 0 Å². The van der Waals surface area contributed by atoms with Crippen molar-refractivity contribution in [1.82, 2.24) is 4.90 Å². The molecule has 17 heavy (non-hydrogen) atoms. The van der Waals surface area contributed by atoms with Gasteiger partial charge in [0.05, 0.1) is 18.8 Å². The first-order chi connectivity index (χ1) is 7.88. The summed E-state index contributed by atoms with van der Waals surface area (Å²) >= 11 is 0. The summed E-state index contributed by atoms with van der Waals surface area (Å²) in [5.74, 6) is -0.226. The first kappa shape index (κ1) is 16.4. The molecule has 0 aliphatic rings. The van der Waals surface area contributed by atoms with Gasteiger partial charge < -0.3 is 9.84 Å². The number of rotatable bonds is 8. The molecule has 0 radical (unpaired) electrons. The second-order valence-electron chi connectivity index (χ2n) is 4.74. The van der Waals surface area contributed by atoms with E-state index in [2.05, 4.69) is 0 Å². The average molecular weight is 245 g/mol. The lowest BCUT2D eigenvalue weighted by Gasteiger charge is -2.34. The van der Waals surface area contributed by atoms with E-state index in [9.17, 15) is 9.90 Å². The minimum atomic E-state index is -0.712. The fraction of sp³-hybridized carbons (Fsp3) is 0.923. The maximum absolute atomic E-state index is 11.5. The number of esters is 1. The third-order valence-electron chi connectivity index (χ3n) is 3.18. The summed E-state index contributed by atoms with van der Waals surface area (Å²) in [5, 5.41) is 10.3. The van der Waals surface area contributed by atoms with Crippen LogP contribution in [-0.4, -0.2) is 47.3 Å². The van der Waals surface area contributed by atoms with Gasteiger partial charge in [0.25, 0.3) is 0 Å². The minimum Gasteiger partial charge on any atom is -0.465 e. The van der Waals surface area contributed by atoms with Gasteiger partial charge in [0.15, 0.2) is 0 Å². The van der Waals surface area contributed by atoms with Gasteiger partial charge in [0, 0.05) is 12.6 Å². The summed E-state index contributed by atoms with van der Waals surface area (Å²) in [6, 6.07) is 0.212. The molecule has 0 aromatic rings. The quantitative estimate of drug-likeness (QED) is 0.663. The van der Waals surface area contributed by atoms with Gasteiger partial charge in [0.2, 0.25) is 0 Å². The van der Waals surface area contributed by atoms with Gasteiger partial charge in [-0.25, -0.2) is 0 Å². The van der Waals surface area contributed by atoms with Crippen LogP contribution in [0.25, 0.3) is 0 Å². The minimum absolute atomic E-state index is 0.212. The van der Waals surface area contributed by atoms with E-state index in [0.717, 1.165) is 0 Å². The molecule has 0 aliphatic carbocycles. The summed E-state index contributed by atoms with van der Waals surface area (Å²) in [6.45, 7) is 10.9. The van der Waals surface area contributed by atoms with Crippen molar-refractivity contribution in [2.75, 3.05) is 19.7 Å². The highest BCUT2D eigenvalue weighted by Crippen LogP contribution is 2.17. The van der Waals surface area contributed by atoms with Crippen LogP contribution in [-0.2, 0) is 9.53 Å². The molecule has 0 aromatic heterocycles. The van der Waals surface area contributed by atoms with Gasteiger partial charge >= 0.3 is 5.97 Å². The van der Waals surface area contributed by atoms with E-state index in [0.29, 0.717) is 26.0 Å². The van der Waals surface area contributed by atoms with Crippen molar-refractivity contribution in [2.24, 2.45) is 0 Å². The number of hydrogen-bond donors (Lipinski definition) is 1. The number of hydrogen-bond acceptors (Lipinski definition) is 4. The number of nitrogens with zero attached hydrogens (tertiary/aromatic N) is 1. The SMILES string of the molecule is CCOC(=O)CN(CC(O)(CC)CC)C(C)C. The molecule has 0 rings (SSSR count). The average Bonchev–Trinajstić information content (AvgIpc) is 2.28.